The molecule has 0 atom stereocenters. The maximum absolute atomic E-state index is 10.7. The molecule has 0 radical (unpaired) electrons. The number of hydrogen-bond donors (Lipinski definition) is 1. The number of nitrogens with zero attached hydrogens (tertiary/aromatic N) is 1. The second-order valence-electron chi connectivity index (χ2n) is 3.68. The number of aldehydes is 1. The fourth-order valence-electron chi connectivity index (χ4n) is 1.79. The van der Waals surface area contributed by atoms with Crippen LogP contribution >= 0.6 is 23.2 Å². The van der Waals surface area contributed by atoms with Gasteiger partial charge in [-0.15, -0.1) is 0 Å². The lowest BCUT2D eigenvalue weighted by atomic mass is 10.2. The topological polar surface area (TPSA) is 32.3 Å². The number of piperazine rings is 1. The molecule has 0 aromatic heterocycles. The van der Waals surface area contributed by atoms with Crippen LogP contribution in [0.25, 0.3) is 0 Å². The Balaban J connectivity index is 2.31. The molecule has 0 amide bonds. The molecule has 1 aromatic rings. The van der Waals surface area contributed by atoms with Gasteiger partial charge in [-0.05, 0) is 12.1 Å². The van der Waals surface area contributed by atoms with Crippen molar-refractivity contribution in [1.29, 1.82) is 0 Å². The van der Waals surface area contributed by atoms with Gasteiger partial charge in [-0.25, -0.2) is 0 Å². The van der Waals surface area contributed by atoms with Crippen LogP contribution in [0.1, 0.15) is 10.4 Å². The van der Waals surface area contributed by atoms with Gasteiger partial charge in [0.05, 0.1) is 15.6 Å². The van der Waals surface area contributed by atoms with Crippen LogP contribution in [0.3, 0.4) is 0 Å². The average Bonchev–Trinajstić information content (AvgIpc) is 2.30. The van der Waals surface area contributed by atoms with Crippen molar-refractivity contribution in [3.63, 3.8) is 0 Å². The number of rotatable bonds is 2. The summed E-state index contributed by atoms with van der Waals surface area (Å²) in [5.41, 5.74) is 1.34. The van der Waals surface area contributed by atoms with E-state index in [9.17, 15) is 4.79 Å². The summed E-state index contributed by atoms with van der Waals surface area (Å²) < 4.78 is 0. The fourth-order valence-corrected chi connectivity index (χ4v) is 2.35. The first kappa shape index (κ1) is 11.7. The Bertz CT molecular complexity index is 380. The number of hydrogen-bond acceptors (Lipinski definition) is 3. The summed E-state index contributed by atoms with van der Waals surface area (Å²) in [6, 6.07) is 3.59. The largest absolute Gasteiger partial charge is 0.369 e. The van der Waals surface area contributed by atoms with Crippen LogP contribution in [0, 0.1) is 0 Å². The van der Waals surface area contributed by atoms with Crippen LogP contribution in [-0.4, -0.2) is 32.5 Å². The van der Waals surface area contributed by atoms with E-state index in [1.807, 2.05) is 0 Å². The normalized spacial score (nSPS) is 16.2. The van der Waals surface area contributed by atoms with Gasteiger partial charge >= 0.3 is 0 Å². The SMILES string of the molecule is O=Cc1c(Cl)cc(N2CCNCC2)cc1Cl. The summed E-state index contributed by atoms with van der Waals surface area (Å²) >= 11 is 12.0. The minimum absolute atomic E-state index is 0.363. The molecule has 16 heavy (non-hydrogen) atoms. The maximum atomic E-state index is 10.7. The predicted octanol–water partition coefficient (Wildman–Crippen LogP) is 2.22. The lowest BCUT2D eigenvalue weighted by Crippen LogP contribution is -2.43. The first-order valence-electron chi connectivity index (χ1n) is 5.12. The van der Waals surface area contributed by atoms with Crippen molar-refractivity contribution in [2.24, 2.45) is 0 Å². The Kier molecular flexibility index (Phi) is 3.69. The van der Waals surface area contributed by atoms with Crippen LogP contribution in [0.4, 0.5) is 5.69 Å². The highest BCUT2D eigenvalue weighted by Crippen LogP contribution is 2.29. The summed E-state index contributed by atoms with van der Waals surface area (Å²) in [4.78, 5) is 12.9. The van der Waals surface area contributed by atoms with E-state index in [0.717, 1.165) is 31.9 Å². The smallest absolute Gasteiger partial charge is 0.153 e. The van der Waals surface area contributed by atoms with Gasteiger partial charge in [-0.1, -0.05) is 23.2 Å². The van der Waals surface area contributed by atoms with Crippen LogP contribution < -0.4 is 10.2 Å². The van der Waals surface area contributed by atoms with E-state index in [-0.39, 0.29) is 0 Å². The van der Waals surface area contributed by atoms with Gasteiger partial charge in [0.25, 0.3) is 0 Å². The summed E-state index contributed by atoms with van der Waals surface area (Å²) in [5.74, 6) is 0. The van der Waals surface area contributed by atoms with E-state index in [0.29, 0.717) is 21.9 Å². The fraction of sp³-hybridized carbons (Fsp3) is 0.364. The second-order valence-corrected chi connectivity index (χ2v) is 4.49. The van der Waals surface area contributed by atoms with Crippen molar-refractivity contribution in [1.82, 2.24) is 5.32 Å². The molecule has 1 N–H and O–H groups in total. The zero-order chi connectivity index (χ0) is 11.5. The summed E-state index contributed by atoms with van der Waals surface area (Å²) in [6.45, 7) is 3.75. The van der Waals surface area contributed by atoms with Crippen LogP contribution in [0.15, 0.2) is 12.1 Å². The molecule has 0 bridgehead atoms. The molecule has 1 aliphatic heterocycles. The van der Waals surface area contributed by atoms with Crippen molar-refractivity contribution in [3.05, 3.63) is 27.7 Å². The molecule has 0 saturated carbocycles. The first-order chi connectivity index (χ1) is 7.72. The Hall–Kier alpha value is -0.770. The molecule has 1 aromatic carbocycles. The molecule has 3 nitrogen and oxygen atoms in total. The van der Waals surface area contributed by atoms with Crippen molar-refractivity contribution < 1.29 is 4.79 Å². The highest BCUT2D eigenvalue weighted by atomic mass is 35.5. The minimum atomic E-state index is 0.363. The molecule has 0 aliphatic carbocycles. The van der Waals surface area contributed by atoms with Gasteiger partial charge in [-0.3, -0.25) is 4.79 Å². The van der Waals surface area contributed by atoms with Gasteiger partial charge in [0.2, 0.25) is 0 Å². The number of nitrogens with one attached hydrogen (secondary N) is 1. The van der Waals surface area contributed by atoms with E-state index < -0.39 is 0 Å². The van der Waals surface area contributed by atoms with Gasteiger partial charge in [-0.2, -0.15) is 0 Å². The second kappa shape index (κ2) is 5.04. The number of carbonyl (C=O) groups is 1. The summed E-state index contributed by atoms with van der Waals surface area (Å²) in [5, 5.41) is 4.10. The minimum Gasteiger partial charge on any atom is -0.369 e. The molecule has 86 valence electrons. The first-order valence-corrected chi connectivity index (χ1v) is 5.88. The highest BCUT2D eigenvalue weighted by Gasteiger charge is 2.14. The Morgan fingerprint density at radius 3 is 2.25 bits per heavy atom. The van der Waals surface area contributed by atoms with Crippen LogP contribution in [-0.2, 0) is 0 Å². The standard InChI is InChI=1S/C11H12Cl2N2O/c12-10-5-8(6-11(13)9(10)7-16)15-3-1-14-2-4-15/h5-7,14H,1-4H2. The third-order valence-electron chi connectivity index (χ3n) is 2.66. The van der Waals surface area contributed by atoms with Crippen molar-refractivity contribution >= 4 is 35.2 Å². The zero-order valence-corrected chi connectivity index (χ0v) is 10.2. The van der Waals surface area contributed by atoms with Crippen molar-refractivity contribution in [3.8, 4) is 0 Å². The third-order valence-corrected chi connectivity index (χ3v) is 3.29. The molecule has 1 aliphatic rings. The number of benzene rings is 1. The highest BCUT2D eigenvalue weighted by molar-refractivity contribution is 6.38. The number of anilines is 1. The summed E-state index contributed by atoms with van der Waals surface area (Å²) in [6.07, 6.45) is 0.687. The van der Waals surface area contributed by atoms with Crippen molar-refractivity contribution in [2.75, 3.05) is 31.1 Å². The molecule has 5 heteroatoms. The lowest BCUT2D eigenvalue weighted by molar-refractivity contribution is 0.112. The molecule has 2 rings (SSSR count). The van der Waals surface area contributed by atoms with Crippen molar-refractivity contribution in [2.45, 2.75) is 0 Å². The third kappa shape index (κ3) is 2.32. The van der Waals surface area contributed by atoms with Gasteiger partial charge in [0.1, 0.15) is 0 Å². The lowest BCUT2D eigenvalue weighted by Gasteiger charge is -2.29. The summed E-state index contributed by atoms with van der Waals surface area (Å²) in [7, 11) is 0. The Morgan fingerprint density at radius 1 is 1.19 bits per heavy atom. The predicted molar refractivity (Wildman–Crippen MR) is 66.9 cm³/mol. The molecule has 1 fully saturated rings. The number of halogens is 2. The molecular formula is C11H12Cl2N2O. The number of carbonyl (C=O) groups excluding carboxylic acids is 1. The van der Waals surface area contributed by atoms with E-state index in [2.05, 4.69) is 10.2 Å². The quantitative estimate of drug-likeness (QED) is 0.826. The monoisotopic (exact) mass is 258 g/mol. The van der Waals surface area contributed by atoms with E-state index in [1.165, 1.54) is 0 Å². The van der Waals surface area contributed by atoms with E-state index >= 15 is 0 Å². The molecule has 0 unspecified atom stereocenters. The Labute approximate surface area is 104 Å². The molecule has 1 saturated heterocycles. The van der Waals surface area contributed by atoms with Crippen LogP contribution in [0.2, 0.25) is 10.0 Å². The maximum Gasteiger partial charge on any atom is 0.153 e. The van der Waals surface area contributed by atoms with Gasteiger partial charge < -0.3 is 10.2 Å². The van der Waals surface area contributed by atoms with Gasteiger partial charge in [0, 0.05) is 31.9 Å². The van der Waals surface area contributed by atoms with Gasteiger partial charge in [0.15, 0.2) is 6.29 Å². The average molecular weight is 259 g/mol. The molecular weight excluding hydrogens is 247 g/mol. The van der Waals surface area contributed by atoms with E-state index in [1.54, 1.807) is 12.1 Å². The zero-order valence-electron chi connectivity index (χ0n) is 8.67. The Morgan fingerprint density at radius 2 is 1.75 bits per heavy atom. The molecule has 1 heterocycles. The van der Waals surface area contributed by atoms with Crippen LogP contribution in [0.5, 0.6) is 0 Å². The van der Waals surface area contributed by atoms with E-state index in [4.69, 9.17) is 23.2 Å². The molecule has 0 spiro atoms.